The molecule has 1 N–H and O–H groups in total. The van der Waals surface area contributed by atoms with Crippen molar-refractivity contribution in [1.82, 2.24) is 10.2 Å². The van der Waals surface area contributed by atoms with Crippen molar-refractivity contribution in [3.8, 4) is 0 Å². The molecule has 3 nitrogen and oxygen atoms in total. The molecular formula is C15H22N2O. The van der Waals surface area contributed by atoms with E-state index in [-0.39, 0.29) is 0 Å². The van der Waals surface area contributed by atoms with Crippen LogP contribution in [0.1, 0.15) is 29.5 Å². The predicted molar refractivity (Wildman–Crippen MR) is 72.3 cm³/mol. The molecule has 0 bridgehead atoms. The van der Waals surface area contributed by atoms with Crippen LogP contribution in [0.5, 0.6) is 0 Å². The van der Waals surface area contributed by atoms with Gasteiger partial charge < -0.3 is 10.1 Å². The molecular weight excluding hydrogens is 224 g/mol. The third-order valence-electron chi connectivity index (χ3n) is 3.89. The van der Waals surface area contributed by atoms with Gasteiger partial charge in [-0.15, -0.1) is 0 Å². The van der Waals surface area contributed by atoms with Gasteiger partial charge in [0.15, 0.2) is 0 Å². The van der Waals surface area contributed by atoms with Crippen LogP contribution in [-0.2, 0) is 24.4 Å². The molecule has 1 fully saturated rings. The second kappa shape index (κ2) is 5.39. The maximum absolute atomic E-state index is 5.68. The van der Waals surface area contributed by atoms with Crippen LogP contribution < -0.4 is 5.32 Å². The molecule has 0 spiro atoms. The molecule has 2 heterocycles. The number of ether oxygens (including phenoxy) is 1. The number of fused-ring (bicyclic) bond motifs is 1. The lowest BCUT2D eigenvalue weighted by Crippen LogP contribution is -2.28. The van der Waals surface area contributed by atoms with E-state index in [0.29, 0.717) is 6.10 Å². The molecule has 0 aliphatic carbocycles. The van der Waals surface area contributed by atoms with Crippen molar-refractivity contribution >= 4 is 0 Å². The second-order valence-electron chi connectivity index (χ2n) is 5.54. The first-order chi connectivity index (χ1) is 8.81. The van der Waals surface area contributed by atoms with Gasteiger partial charge in [0.05, 0.1) is 6.10 Å². The van der Waals surface area contributed by atoms with E-state index < -0.39 is 0 Å². The SMILES string of the molecule is CN(Cc1ccc2c(c1)CNC2)CC1CCCO1. The van der Waals surface area contributed by atoms with Crippen molar-refractivity contribution in [2.75, 3.05) is 20.2 Å². The van der Waals surface area contributed by atoms with E-state index in [1.807, 2.05) is 0 Å². The summed E-state index contributed by atoms with van der Waals surface area (Å²) >= 11 is 0. The largest absolute Gasteiger partial charge is 0.377 e. The molecule has 0 aromatic heterocycles. The maximum Gasteiger partial charge on any atom is 0.0702 e. The van der Waals surface area contributed by atoms with Gasteiger partial charge in [-0.3, -0.25) is 4.90 Å². The monoisotopic (exact) mass is 246 g/mol. The molecule has 98 valence electrons. The first-order valence-corrected chi connectivity index (χ1v) is 6.93. The number of hydrogen-bond donors (Lipinski definition) is 1. The van der Waals surface area contributed by atoms with E-state index in [0.717, 1.165) is 32.8 Å². The summed E-state index contributed by atoms with van der Waals surface area (Å²) < 4.78 is 5.68. The number of rotatable bonds is 4. The second-order valence-corrected chi connectivity index (χ2v) is 5.54. The maximum atomic E-state index is 5.68. The van der Waals surface area contributed by atoms with Crippen LogP contribution in [0.2, 0.25) is 0 Å². The smallest absolute Gasteiger partial charge is 0.0702 e. The number of nitrogens with one attached hydrogen (secondary N) is 1. The zero-order valence-electron chi connectivity index (χ0n) is 11.1. The molecule has 1 aromatic rings. The van der Waals surface area contributed by atoms with Crippen LogP contribution in [0.15, 0.2) is 18.2 Å². The summed E-state index contributed by atoms with van der Waals surface area (Å²) in [4.78, 5) is 2.38. The van der Waals surface area contributed by atoms with Crippen LogP contribution in [0.3, 0.4) is 0 Å². The van der Waals surface area contributed by atoms with Crippen molar-refractivity contribution in [2.24, 2.45) is 0 Å². The fourth-order valence-corrected chi connectivity index (χ4v) is 2.96. The fraction of sp³-hybridized carbons (Fsp3) is 0.600. The lowest BCUT2D eigenvalue weighted by atomic mass is 10.1. The average molecular weight is 246 g/mol. The van der Waals surface area contributed by atoms with Gasteiger partial charge in [-0.25, -0.2) is 0 Å². The molecule has 2 aliphatic heterocycles. The van der Waals surface area contributed by atoms with Crippen molar-refractivity contribution in [3.63, 3.8) is 0 Å². The first-order valence-electron chi connectivity index (χ1n) is 6.93. The van der Waals surface area contributed by atoms with Crippen molar-refractivity contribution in [2.45, 2.75) is 38.6 Å². The molecule has 3 heteroatoms. The zero-order chi connectivity index (χ0) is 12.4. The Balaban J connectivity index is 1.58. The number of nitrogens with zero attached hydrogens (tertiary/aromatic N) is 1. The Bertz CT molecular complexity index is 413. The summed E-state index contributed by atoms with van der Waals surface area (Å²) in [6.45, 7) is 5.07. The molecule has 0 amide bonds. The van der Waals surface area contributed by atoms with Crippen LogP contribution in [-0.4, -0.2) is 31.2 Å². The molecule has 2 aliphatic rings. The summed E-state index contributed by atoms with van der Waals surface area (Å²) in [5, 5.41) is 3.39. The van der Waals surface area contributed by atoms with E-state index in [4.69, 9.17) is 4.74 Å². The van der Waals surface area contributed by atoms with Gasteiger partial charge in [0.25, 0.3) is 0 Å². The molecule has 18 heavy (non-hydrogen) atoms. The highest BCUT2D eigenvalue weighted by Crippen LogP contribution is 2.19. The van der Waals surface area contributed by atoms with E-state index in [9.17, 15) is 0 Å². The van der Waals surface area contributed by atoms with Gasteiger partial charge >= 0.3 is 0 Å². The van der Waals surface area contributed by atoms with Crippen molar-refractivity contribution < 1.29 is 4.74 Å². The molecule has 1 aromatic carbocycles. The van der Waals surface area contributed by atoms with Gasteiger partial charge in [-0.05, 0) is 36.6 Å². The van der Waals surface area contributed by atoms with Crippen molar-refractivity contribution in [1.29, 1.82) is 0 Å². The molecule has 0 saturated carbocycles. The summed E-state index contributed by atoms with van der Waals surface area (Å²) in [5.74, 6) is 0. The molecule has 1 unspecified atom stereocenters. The lowest BCUT2D eigenvalue weighted by Gasteiger charge is -2.20. The van der Waals surface area contributed by atoms with Gasteiger partial charge in [0, 0.05) is 32.8 Å². The minimum atomic E-state index is 0.450. The minimum Gasteiger partial charge on any atom is -0.377 e. The Morgan fingerprint density at radius 2 is 2.22 bits per heavy atom. The minimum absolute atomic E-state index is 0.450. The quantitative estimate of drug-likeness (QED) is 0.878. The summed E-state index contributed by atoms with van der Waals surface area (Å²) in [6, 6.07) is 6.88. The fourth-order valence-electron chi connectivity index (χ4n) is 2.96. The van der Waals surface area contributed by atoms with Crippen molar-refractivity contribution in [3.05, 3.63) is 34.9 Å². The summed E-state index contributed by atoms with van der Waals surface area (Å²) in [7, 11) is 2.19. The molecule has 1 saturated heterocycles. The lowest BCUT2D eigenvalue weighted by molar-refractivity contribution is 0.0793. The Labute approximate surface area is 109 Å². The third-order valence-corrected chi connectivity index (χ3v) is 3.89. The third kappa shape index (κ3) is 2.74. The number of hydrogen-bond acceptors (Lipinski definition) is 3. The topological polar surface area (TPSA) is 24.5 Å². The van der Waals surface area contributed by atoms with Gasteiger partial charge in [-0.1, -0.05) is 18.2 Å². The highest BCUT2D eigenvalue weighted by Gasteiger charge is 2.17. The summed E-state index contributed by atoms with van der Waals surface area (Å²) in [5.41, 5.74) is 4.34. The van der Waals surface area contributed by atoms with Crippen LogP contribution >= 0.6 is 0 Å². The Morgan fingerprint density at radius 1 is 1.33 bits per heavy atom. The molecule has 1 atom stereocenters. The zero-order valence-corrected chi connectivity index (χ0v) is 11.1. The van der Waals surface area contributed by atoms with E-state index in [1.165, 1.54) is 29.5 Å². The number of benzene rings is 1. The molecule has 3 rings (SSSR count). The van der Waals surface area contributed by atoms with Gasteiger partial charge in [-0.2, -0.15) is 0 Å². The van der Waals surface area contributed by atoms with Crippen LogP contribution in [0.4, 0.5) is 0 Å². The van der Waals surface area contributed by atoms with Gasteiger partial charge in [0.2, 0.25) is 0 Å². The number of likely N-dealkylation sites (N-methyl/N-ethyl adjacent to an activating group) is 1. The Hall–Kier alpha value is -0.900. The molecule has 0 radical (unpaired) electrons. The van der Waals surface area contributed by atoms with Gasteiger partial charge in [0.1, 0.15) is 0 Å². The Morgan fingerprint density at radius 3 is 3.06 bits per heavy atom. The van der Waals surface area contributed by atoms with E-state index in [1.54, 1.807) is 0 Å². The predicted octanol–water partition coefficient (Wildman–Crippen LogP) is 1.90. The highest BCUT2D eigenvalue weighted by molar-refractivity contribution is 5.34. The highest BCUT2D eigenvalue weighted by atomic mass is 16.5. The average Bonchev–Trinajstić information content (AvgIpc) is 2.98. The standard InChI is InChI=1S/C15H22N2O/c1-17(11-15-3-2-6-18-15)10-12-4-5-13-8-16-9-14(13)7-12/h4-5,7,15-16H,2-3,6,8-11H2,1H3. The van der Waals surface area contributed by atoms with Crippen LogP contribution in [0, 0.1) is 0 Å². The first kappa shape index (κ1) is 12.2. The van der Waals surface area contributed by atoms with Crippen LogP contribution in [0.25, 0.3) is 0 Å². The Kier molecular flexibility index (Phi) is 3.64. The van der Waals surface area contributed by atoms with E-state index >= 15 is 0 Å². The van der Waals surface area contributed by atoms with E-state index in [2.05, 4.69) is 35.5 Å². The normalized spacial score (nSPS) is 22.7. The summed E-state index contributed by atoms with van der Waals surface area (Å²) in [6.07, 6.45) is 2.90.